The van der Waals surface area contributed by atoms with Gasteiger partial charge in [-0.25, -0.2) is 0 Å². The van der Waals surface area contributed by atoms with Gasteiger partial charge in [-0.05, 0) is 22.4 Å². The maximum absolute atomic E-state index is 10.6. The molecule has 0 bridgehead atoms. The SMILES string of the molecule is CC(CC(=O)O)SCc1csc2ccccc12. The van der Waals surface area contributed by atoms with Crippen LogP contribution < -0.4 is 0 Å². The summed E-state index contributed by atoms with van der Waals surface area (Å²) in [5.41, 5.74) is 1.31. The first kappa shape index (κ1) is 12.5. The molecule has 1 heterocycles. The predicted octanol–water partition coefficient (Wildman–Crippen LogP) is 4.00. The van der Waals surface area contributed by atoms with Gasteiger partial charge < -0.3 is 5.11 Å². The molecule has 1 aromatic heterocycles. The molecule has 0 radical (unpaired) electrons. The lowest BCUT2D eigenvalue weighted by Crippen LogP contribution is -2.05. The van der Waals surface area contributed by atoms with E-state index in [0.717, 1.165) is 5.75 Å². The monoisotopic (exact) mass is 266 g/mol. The van der Waals surface area contributed by atoms with Gasteiger partial charge in [-0.1, -0.05) is 25.1 Å². The molecule has 1 atom stereocenters. The first-order valence-corrected chi connectivity index (χ1v) is 7.38. The zero-order chi connectivity index (χ0) is 12.3. The van der Waals surface area contributed by atoms with E-state index in [1.165, 1.54) is 15.6 Å². The van der Waals surface area contributed by atoms with Crippen LogP contribution in [-0.2, 0) is 10.5 Å². The Labute approximate surface area is 109 Å². The number of carbonyl (C=O) groups is 1. The molecular weight excluding hydrogens is 252 g/mol. The molecule has 1 aromatic carbocycles. The van der Waals surface area contributed by atoms with Crippen molar-refractivity contribution in [1.29, 1.82) is 0 Å². The normalized spacial score (nSPS) is 12.8. The number of carboxylic acids is 1. The molecule has 90 valence electrons. The van der Waals surface area contributed by atoms with E-state index in [1.807, 2.05) is 19.1 Å². The molecule has 1 N–H and O–H groups in total. The van der Waals surface area contributed by atoms with Crippen LogP contribution in [0.1, 0.15) is 18.9 Å². The smallest absolute Gasteiger partial charge is 0.304 e. The summed E-state index contributed by atoms with van der Waals surface area (Å²) in [6.07, 6.45) is 0.229. The second-order valence-corrected chi connectivity index (χ2v) is 6.31. The van der Waals surface area contributed by atoms with Crippen LogP contribution in [0.3, 0.4) is 0 Å². The summed E-state index contributed by atoms with van der Waals surface area (Å²) in [6, 6.07) is 8.34. The zero-order valence-corrected chi connectivity index (χ0v) is 11.2. The Morgan fingerprint density at radius 2 is 2.24 bits per heavy atom. The lowest BCUT2D eigenvalue weighted by atomic mass is 10.2. The summed E-state index contributed by atoms with van der Waals surface area (Å²) in [5, 5.41) is 12.3. The van der Waals surface area contributed by atoms with Gasteiger partial charge in [0.05, 0.1) is 6.42 Å². The Morgan fingerprint density at radius 3 is 3.00 bits per heavy atom. The fourth-order valence-electron chi connectivity index (χ4n) is 1.68. The van der Waals surface area contributed by atoms with Crippen LogP contribution >= 0.6 is 23.1 Å². The number of hydrogen-bond donors (Lipinski definition) is 1. The molecule has 2 aromatic rings. The molecule has 0 aliphatic rings. The number of aliphatic carboxylic acids is 1. The van der Waals surface area contributed by atoms with Crippen molar-refractivity contribution < 1.29 is 9.90 Å². The van der Waals surface area contributed by atoms with Crippen LogP contribution in [0, 0.1) is 0 Å². The predicted molar refractivity (Wildman–Crippen MR) is 74.8 cm³/mol. The molecule has 0 spiro atoms. The van der Waals surface area contributed by atoms with Crippen LogP contribution in [-0.4, -0.2) is 16.3 Å². The minimum absolute atomic E-state index is 0.158. The van der Waals surface area contributed by atoms with Gasteiger partial charge in [-0.15, -0.1) is 11.3 Å². The summed E-state index contributed by atoms with van der Waals surface area (Å²) in [4.78, 5) is 10.6. The largest absolute Gasteiger partial charge is 0.481 e. The standard InChI is InChI=1S/C13H14O2S2/c1-9(6-13(14)15)16-7-10-8-17-12-5-3-2-4-11(10)12/h2-5,8-9H,6-7H2,1H3,(H,14,15). The second kappa shape index (κ2) is 5.56. The highest BCUT2D eigenvalue weighted by Crippen LogP contribution is 2.30. The summed E-state index contributed by atoms with van der Waals surface area (Å²) < 4.78 is 1.30. The van der Waals surface area contributed by atoms with E-state index in [1.54, 1.807) is 23.1 Å². The molecule has 0 amide bonds. The van der Waals surface area contributed by atoms with E-state index in [0.29, 0.717) is 0 Å². The first-order chi connectivity index (χ1) is 8.16. The van der Waals surface area contributed by atoms with E-state index in [9.17, 15) is 4.79 Å². The van der Waals surface area contributed by atoms with Crippen molar-refractivity contribution in [3.63, 3.8) is 0 Å². The quantitative estimate of drug-likeness (QED) is 0.889. The molecule has 1 unspecified atom stereocenters. The van der Waals surface area contributed by atoms with Gasteiger partial charge in [0.25, 0.3) is 0 Å². The number of thiophene rings is 1. The molecule has 0 saturated heterocycles. The molecule has 0 aliphatic carbocycles. The van der Waals surface area contributed by atoms with Crippen molar-refractivity contribution >= 4 is 39.2 Å². The number of carboxylic acid groups (broad SMARTS) is 1. The highest BCUT2D eigenvalue weighted by molar-refractivity contribution is 7.99. The van der Waals surface area contributed by atoms with E-state index < -0.39 is 5.97 Å². The van der Waals surface area contributed by atoms with Crippen LogP contribution in [0.15, 0.2) is 29.6 Å². The third-order valence-electron chi connectivity index (χ3n) is 2.55. The highest BCUT2D eigenvalue weighted by Gasteiger charge is 2.10. The Balaban J connectivity index is 2.02. The molecule has 0 fully saturated rings. The molecule has 0 saturated carbocycles. The van der Waals surface area contributed by atoms with E-state index in [4.69, 9.17) is 5.11 Å². The Bertz CT molecular complexity index is 519. The number of rotatable bonds is 5. The number of fused-ring (bicyclic) bond motifs is 1. The molecule has 17 heavy (non-hydrogen) atoms. The number of thioether (sulfide) groups is 1. The van der Waals surface area contributed by atoms with Crippen molar-refractivity contribution in [2.75, 3.05) is 0 Å². The van der Waals surface area contributed by atoms with E-state index in [2.05, 4.69) is 17.5 Å². The summed E-state index contributed by atoms with van der Waals surface area (Å²) in [6.45, 7) is 1.97. The minimum Gasteiger partial charge on any atom is -0.481 e. The van der Waals surface area contributed by atoms with Crippen molar-refractivity contribution in [1.82, 2.24) is 0 Å². The third-order valence-corrected chi connectivity index (χ3v) is 4.77. The van der Waals surface area contributed by atoms with E-state index >= 15 is 0 Å². The average Bonchev–Trinajstić information content (AvgIpc) is 2.69. The Morgan fingerprint density at radius 1 is 1.47 bits per heavy atom. The molecule has 4 heteroatoms. The minimum atomic E-state index is -0.722. The van der Waals surface area contributed by atoms with Crippen LogP contribution in [0.5, 0.6) is 0 Å². The van der Waals surface area contributed by atoms with Gasteiger partial charge in [0, 0.05) is 15.7 Å². The maximum atomic E-state index is 10.6. The van der Waals surface area contributed by atoms with Gasteiger partial charge in [0.1, 0.15) is 0 Å². The Kier molecular flexibility index (Phi) is 4.07. The lowest BCUT2D eigenvalue weighted by molar-refractivity contribution is -0.136. The molecule has 2 rings (SSSR count). The van der Waals surface area contributed by atoms with Crippen LogP contribution in [0.4, 0.5) is 0 Å². The van der Waals surface area contributed by atoms with Crippen LogP contribution in [0.2, 0.25) is 0 Å². The van der Waals surface area contributed by atoms with Gasteiger partial charge in [-0.2, -0.15) is 11.8 Å². The van der Waals surface area contributed by atoms with Crippen molar-refractivity contribution in [3.05, 3.63) is 35.2 Å². The molecule has 0 aliphatic heterocycles. The third kappa shape index (κ3) is 3.23. The maximum Gasteiger partial charge on any atom is 0.304 e. The van der Waals surface area contributed by atoms with Gasteiger partial charge in [0.15, 0.2) is 0 Å². The zero-order valence-electron chi connectivity index (χ0n) is 9.55. The van der Waals surface area contributed by atoms with Crippen molar-refractivity contribution in [2.24, 2.45) is 0 Å². The summed E-state index contributed by atoms with van der Waals surface area (Å²) in [5.74, 6) is 0.165. The number of benzene rings is 1. The fraction of sp³-hybridized carbons (Fsp3) is 0.308. The number of hydrogen-bond acceptors (Lipinski definition) is 3. The second-order valence-electron chi connectivity index (χ2n) is 3.98. The lowest BCUT2D eigenvalue weighted by Gasteiger charge is -2.07. The van der Waals surface area contributed by atoms with Gasteiger partial charge in [-0.3, -0.25) is 4.79 Å². The fourth-order valence-corrected chi connectivity index (χ4v) is 3.71. The molecule has 2 nitrogen and oxygen atoms in total. The first-order valence-electron chi connectivity index (χ1n) is 5.45. The van der Waals surface area contributed by atoms with Crippen molar-refractivity contribution in [2.45, 2.75) is 24.3 Å². The van der Waals surface area contributed by atoms with Crippen LogP contribution in [0.25, 0.3) is 10.1 Å². The van der Waals surface area contributed by atoms with E-state index in [-0.39, 0.29) is 11.7 Å². The molecular formula is C13H14O2S2. The summed E-state index contributed by atoms with van der Waals surface area (Å²) in [7, 11) is 0. The topological polar surface area (TPSA) is 37.3 Å². The van der Waals surface area contributed by atoms with Gasteiger partial charge in [0.2, 0.25) is 0 Å². The summed E-state index contributed by atoms with van der Waals surface area (Å²) >= 11 is 3.45. The van der Waals surface area contributed by atoms with Crippen molar-refractivity contribution in [3.8, 4) is 0 Å². The average molecular weight is 266 g/mol. The highest BCUT2D eigenvalue weighted by atomic mass is 32.2. The Hall–Kier alpha value is -1.00. The van der Waals surface area contributed by atoms with Gasteiger partial charge >= 0.3 is 5.97 Å².